The molecule has 2 aliphatic rings. The second-order valence-electron chi connectivity index (χ2n) is 7.66. The summed E-state index contributed by atoms with van der Waals surface area (Å²) >= 11 is 0. The SMILES string of the molecule is Cl.FC1(c2ccc3c(c2)CNCc2nncn2-3)CCC(Oc2ccccc2)CC1. The Kier molecular flexibility index (Phi) is 5.56. The number of rotatable bonds is 3. The topological polar surface area (TPSA) is 52.0 Å². The number of fused-ring (bicyclic) bond motifs is 3. The van der Waals surface area contributed by atoms with E-state index in [4.69, 9.17) is 4.74 Å². The lowest BCUT2D eigenvalue weighted by molar-refractivity contribution is 0.0427. The van der Waals surface area contributed by atoms with Crippen LogP contribution in [-0.4, -0.2) is 20.9 Å². The second-order valence-corrected chi connectivity index (χ2v) is 7.66. The zero-order valence-corrected chi connectivity index (χ0v) is 16.9. The summed E-state index contributed by atoms with van der Waals surface area (Å²) in [5.41, 5.74) is 1.57. The van der Waals surface area contributed by atoms with E-state index in [1.54, 1.807) is 6.33 Å². The van der Waals surface area contributed by atoms with Gasteiger partial charge in [-0.05, 0) is 61.1 Å². The lowest BCUT2D eigenvalue weighted by Crippen LogP contribution is -2.32. The van der Waals surface area contributed by atoms with Gasteiger partial charge in [0.1, 0.15) is 17.7 Å². The number of nitrogens with zero attached hydrogens (tertiary/aromatic N) is 3. The van der Waals surface area contributed by atoms with Gasteiger partial charge in [0.25, 0.3) is 0 Å². The highest BCUT2D eigenvalue weighted by Crippen LogP contribution is 2.42. The normalized spacial score (nSPS) is 23.3. The molecular weight excluding hydrogens is 391 g/mol. The summed E-state index contributed by atoms with van der Waals surface area (Å²) in [6.07, 6.45) is 4.20. The van der Waals surface area contributed by atoms with Crippen molar-refractivity contribution in [3.8, 4) is 11.4 Å². The molecule has 5 rings (SSSR count). The molecule has 1 fully saturated rings. The van der Waals surface area contributed by atoms with E-state index in [-0.39, 0.29) is 18.5 Å². The Morgan fingerprint density at radius 1 is 1.07 bits per heavy atom. The van der Waals surface area contributed by atoms with Gasteiger partial charge >= 0.3 is 0 Å². The summed E-state index contributed by atoms with van der Waals surface area (Å²) in [5, 5.41) is 11.5. The molecule has 2 heterocycles. The van der Waals surface area contributed by atoms with Gasteiger partial charge < -0.3 is 10.1 Å². The molecule has 2 aromatic carbocycles. The number of nitrogens with one attached hydrogen (secondary N) is 1. The monoisotopic (exact) mass is 414 g/mol. The molecule has 0 amide bonds. The quantitative estimate of drug-likeness (QED) is 0.686. The average molecular weight is 415 g/mol. The average Bonchev–Trinajstić information content (AvgIpc) is 3.12. The molecule has 0 spiro atoms. The van der Waals surface area contributed by atoms with Crippen LogP contribution in [0.2, 0.25) is 0 Å². The van der Waals surface area contributed by atoms with Crippen LogP contribution in [0, 0.1) is 0 Å². The van der Waals surface area contributed by atoms with E-state index in [0.29, 0.717) is 25.9 Å². The Morgan fingerprint density at radius 3 is 2.66 bits per heavy atom. The minimum absolute atomic E-state index is 0. The molecule has 152 valence electrons. The fourth-order valence-electron chi connectivity index (χ4n) is 4.28. The molecule has 1 N–H and O–H groups in total. The van der Waals surface area contributed by atoms with Crippen LogP contribution in [0.4, 0.5) is 4.39 Å². The van der Waals surface area contributed by atoms with Crippen molar-refractivity contribution in [1.29, 1.82) is 0 Å². The van der Waals surface area contributed by atoms with Crippen LogP contribution in [0.1, 0.15) is 42.6 Å². The maximum atomic E-state index is 15.8. The Morgan fingerprint density at radius 2 is 1.86 bits per heavy atom. The summed E-state index contributed by atoms with van der Waals surface area (Å²) in [4.78, 5) is 0. The van der Waals surface area contributed by atoms with E-state index < -0.39 is 5.67 Å². The molecule has 1 aromatic heterocycles. The molecule has 1 saturated carbocycles. The third-order valence-electron chi connectivity index (χ3n) is 5.84. The van der Waals surface area contributed by atoms with E-state index in [1.165, 1.54) is 0 Å². The Balaban J connectivity index is 0.00000205. The van der Waals surface area contributed by atoms with Gasteiger partial charge in [-0.15, -0.1) is 22.6 Å². The van der Waals surface area contributed by atoms with Crippen molar-refractivity contribution in [3.05, 3.63) is 71.8 Å². The van der Waals surface area contributed by atoms with E-state index in [2.05, 4.69) is 15.5 Å². The molecule has 3 aromatic rings. The number of aromatic nitrogens is 3. The van der Waals surface area contributed by atoms with Crippen LogP contribution < -0.4 is 10.1 Å². The predicted octanol–water partition coefficient (Wildman–Crippen LogP) is 4.48. The highest BCUT2D eigenvalue weighted by molar-refractivity contribution is 5.85. The molecule has 0 atom stereocenters. The van der Waals surface area contributed by atoms with Crippen molar-refractivity contribution in [2.24, 2.45) is 0 Å². The first-order valence-corrected chi connectivity index (χ1v) is 9.85. The highest BCUT2D eigenvalue weighted by Gasteiger charge is 2.38. The Bertz CT molecular complexity index is 970. The van der Waals surface area contributed by atoms with Gasteiger partial charge in [-0.1, -0.05) is 24.3 Å². The third-order valence-corrected chi connectivity index (χ3v) is 5.84. The standard InChI is InChI=1S/C22H23FN4O.ClH/c23-22(10-8-19(9-11-22)28-18-4-2-1-3-5-18)17-6-7-20-16(12-17)13-24-14-21-26-25-15-27(20)21;/h1-7,12,15,19,24H,8-11,13-14H2;1H. The number of ether oxygens (including phenoxy) is 1. The zero-order chi connectivity index (χ0) is 19.0. The maximum absolute atomic E-state index is 15.8. The van der Waals surface area contributed by atoms with E-state index in [1.807, 2.05) is 53.1 Å². The van der Waals surface area contributed by atoms with E-state index in [9.17, 15) is 0 Å². The van der Waals surface area contributed by atoms with Crippen molar-refractivity contribution in [1.82, 2.24) is 20.1 Å². The van der Waals surface area contributed by atoms with Crippen LogP contribution in [0.5, 0.6) is 5.75 Å². The molecule has 1 aliphatic carbocycles. The van der Waals surface area contributed by atoms with Crippen LogP contribution in [-0.2, 0) is 18.8 Å². The summed E-state index contributed by atoms with van der Waals surface area (Å²) < 4.78 is 23.8. The fourth-order valence-corrected chi connectivity index (χ4v) is 4.28. The van der Waals surface area contributed by atoms with Crippen LogP contribution in [0.25, 0.3) is 5.69 Å². The zero-order valence-electron chi connectivity index (χ0n) is 16.1. The summed E-state index contributed by atoms with van der Waals surface area (Å²) in [6, 6.07) is 15.7. The number of benzene rings is 2. The van der Waals surface area contributed by atoms with Crippen molar-refractivity contribution in [3.63, 3.8) is 0 Å². The molecule has 7 heteroatoms. The summed E-state index contributed by atoms with van der Waals surface area (Å²) in [7, 11) is 0. The molecule has 0 unspecified atom stereocenters. The first-order chi connectivity index (χ1) is 13.7. The third kappa shape index (κ3) is 3.87. The number of alkyl halides is 1. The van der Waals surface area contributed by atoms with Crippen molar-refractivity contribution >= 4 is 12.4 Å². The number of para-hydroxylation sites is 1. The maximum Gasteiger partial charge on any atom is 0.151 e. The van der Waals surface area contributed by atoms with Gasteiger partial charge in [0.2, 0.25) is 0 Å². The van der Waals surface area contributed by atoms with Gasteiger partial charge in [0.05, 0.1) is 18.3 Å². The van der Waals surface area contributed by atoms with E-state index >= 15 is 4.39 Å². The molecule has 5 nitrogen and oxygen atoms in total. The molecule has 0 radical (unpaired) electrons. The molecule has 29 heavy (non-hydrogen) atoms. The smallest absolute Gasteiger partial charge is 0.151 e. The minimum atomic E-state index is -1.30. The first kappa shape index (κ1) is 19.9. The largest absolute Gasteiger partial charge is 0.490 e. The van der Waals surface area contributed by atoms with Crippen LogP contribution in [0.15, 0.2) is 54.9 Å². The van der Waals surface area contributed by atoms with Gasteiger partial charge in [0.15, 0.2) is 5.82 Å². The van der Waals surface area contributed by atoms with Crippen LogP contribution in [0.3, 0.4) is 0 Å². The summed E-state index contributed by atoms with van der Waals surface area (Å²) in [5.74, 6) is 1.74. The highest BCUT2D eigenvalue weighted by atomic mass is 35.5. The number of halogens is 2. The minimum Gasteiger partial charge on any atom is -0.490 e. The first-order valence-electron chi connectivity index (χ1n) is 9.85. The van der Waals surface area contributed by atoms with Crippen molar-refractivity contribution in [2.45, 2.75) is 50.5 Å². The Labute approximate surface area is 175 Å². The van der Waals surface area contributed by atoms with Gasteiger partial charge in [-0.25, -0.2) is 4.39 Å². The lowest BCUT2D eigenvalue weighted by atomic mass is 9.79. The second kappa shape index (κ2) is 8.13. The number of hydrogen-bond acceptors (Lipinski definition) is 4. The van der Waals surface area contributed by atoms with Crippen LogP contribution >= 0.6 is 12.4 Å². The summed E-state index contributed by atoms with van der Waals surface area (Å²) in [6.45, 7) is 1.35. The van der Waals surface area contributed by atoms with E-state index in [0.717, 1.165) is 41.2 Å². The lowest BCUT2D eigenvalue weighted by Gasteiger charge is -2.34. The molecule has 0 bridgehead atoms. The van der Waals surface area contributed by atoms with Gasteiger partial charge in [-0.2, -0.15) is 0 Å². The van der Waals surface area contributed by atoms with Gasteiger partial charge in [-0.3, -0.25) is 4.57 Å². The molecular formula is C22H24ClFN4O. The fraction of sp³-hybridized carbons (Fsp3) is 0.364. The molecule has 0 saturated heterocycles. The number of hydrogen-bond donors (Lipinski definition) is 1. The molecule has 1 aliphatic heterocycles. The predicted molar refractivity (Wildman–Crippen MR) is 111 cm³/mol. The van der Waals surface area contributed by atoms with Crippen molar-refractivity contribution in [2.75, 3.05) is 0 Å². The Hall–Kier alpha value is -2.44. The van der Waals surface area contributed by atoms with Crippen molar-refractivity contribution < 1.29 is 9.13 Å². The van der Waals surface area contributed by atoms with Gasteiger partial charge in [0, 0.05) is 6.54 Å².